The Bertz CT molecular complexity index is 164. The van der Waals surface area contributed by atoms with Gasteiger partial charge in [0.25, 0.3) is 0 Å². The van der Waals surface area contributed by atoms with Gasteiger partial charge in [0.1, 0.15) is 0 Å². The molecule has 3 heteroatoms. The van der Waals surface area contributed by atoms with Crippen molar-refractivity contribution in [1.29, 1.82) is 0 Å². The molecule has 1 aliphatic heterocycles. The summed E-state index contributed by atoms with van der Waals surface area (Å²) >= 11 is 2.04. The zero-order valence-electron chi connectivity index (χ0n) is 8.38. The van der Waals surface area contributed by atoms with E-state index in [1.54, 1.807) is 0 Å². The summed E-state index contributed by atoms with van der Waals surface area (Å²) in [6, 6.07) is 0.431. The molecule has 0 aromatic carbocycles. The maximum absolute atomic E-state index is 5.55. The van der Waals surface area contributed by atoms with Gasteiger partial charge in [0, 0.05) is 11.3 Å². The van der Waals surface area contributed by atoms with Gasteiger partial charge in [-0.15, -0.1) is 0 Å². The molecule has 0 radical (unpaired) electrons. The number of thioether (sulfide) groups is 1. The smallest absolute Gasteiger partial charge is 0.0366 e. The Morgan fingerprint density at radius 3 is 3.00 bits per heavy atom. The first-order valence-electron chi connectivity index (χ1n) is 5.02. The topological polar surface area (TPSA) is 38.0 Å². The van der Waals surface area contributed by atoms with Crippen molar-refractivity contribution in [3.8, 4) is 0 Å². The number of hydrazine groups is 1. The second kappa shape index (κ2) is 5.68. The van der Waals surface area contributed by atoms with Crippen LogP contribution in [0, 0.1) is 0 Å². The summed E-state index contributed by atoms with van der Waals surface area (Å²) in [5.41, 5.74) is 4.23. The highest BCUT2D eigenvalue weighted by Gasteiger charge is 2.24. The summed E-state index contributed by atoms with van der Waals surface area (Å²) in [6.07, 6.45) is 4.74. The average molecular weight is 200 g/mol. The van der Waals surface area contributed by atoms with Gasteiger partial charge >= 0.3 is 0 Å². The fourth-order valence-corrected chi connectivity index (χ4v) is 3.05. The van der Waals surface area contributed by atoms with Gasteiger partial charge in [-0.25, -0.2) is 0 Å². The van der Waals surface area contributed by atoms with E-state index in [1.807, 2.05) is 11.8 Å². The van der Waals surface area contributed by atoms with Gasteiger partial charge in [0.15, 0.2) is 0 Å². The summed E-state index contributed by atoms with van der Waals surface area (Å²) in [5.74, 6) is 6.84. The van der Waals surface area contributed by atoms with E-state index < -0.39 is 0 Å². The lowest BCUT2D eigenvalue weighted by Gasteiger charge is -2.22. The quantitative estimate of drug-likeness (QED) is 0.405. The van der Waals surface area contributed by atoms with Gasteiger partial charge < -0.3 is 0 Å². The predicted molar refractivity (Wildman–Crippen MR) is 60.6 cm³/mol. The minimum atomic E-state index is 0.431. The van der Waals surface area contributed by atoms with Crippen molar-refractivity contribution in [1.82, 2.24) is 5.43 Å². The molecule has 2 unspecified atom stereocenters. The zero-order valence-corrected chi connectivity index (χ0v) is 9.20. The molecule has 1 aliphatic rings. The predicted octanol–water partition coefficient (Wildman–Crippen LogP) is 2.07. The maximum Gasteiger partial charge on any atom is 0.0366 e. The van der Waals surface area contributed by atoms with Crippen LogP contribution in [0.4, 0.5) is 0 Å². The van der Waals surface area contributed by atoms with Crippen LogP contribution in [-0.2, 0) is 0 Å². The minimum Gasteiger partial charge on any atom is -0.271 e. The van der Waals surface area contributed by atoms with Crippen LogP contribution in [0.3, 0.4) is 0 Å². The Hall–Kier alpha value is 0.0100. The molecule has 1 rings (SSSR count). The molecule has 0 aliphatic carbocycles. The van der Waals surface area contributed by atoms with Gasteiger partial charge in [-0.05, 0) is 31.4 Å². The maximum atomic E-state index is 5.55. The van der Waals surface area contributed by atoms with Gasteiger partial charge in [-0.2, -0.15) is 11.8 Å². The fraction of sp³-hybridized carbons (Fsp3) is 0.800. The van der Waals surface area contributed by atoms with Crippen molar-refractivity contribution >= 4 is 11.8 Å². The van der Waals surface area contributed by atoms with E-state index in [0.29, 0.717) is 11.3 Å². The standard InChI is InChI=1S/C10H20N2S/c1-3-8(2)7-9(12-11)10-5-4-6-13-10/h9-10,12H,2-7,11H2,1H3. The number of hydrogen-bond donors (Lipinski definition) is 2. The summed E-state index contributed by atoms with van der Waals surface area (Å²) < 4.78 is 0. The van der Waals surface area contributed by atoms with Crippen LogP contribution in [0.25, 0.3) is 0 Å². The summed E-state index contributed by atoms with van der Waals surface area (Å²) in [7, 11) is 0. The first-order chi connectivity index (χ1) is 6.27. The largest absolute Gasteiger partial charge is 0.271 e. The van der Waals surface area contributed by atoms with Crippen molar-refractivity contribution in [2.24, 2.45) is 5.84 Å². The van der Waals surface area contributed by atoms with Gasteiger partial charge in [0.05, 0.1) is 0 Å². The number of rotatable bonds is 5. The minimum absolute atomic E-state index is 0.431. The van der Waals surface area contributed by atoms with Gasteiger partial charge in [-0.1, -0.05) is 19.1 Å². The highest BCUT2D eigenvalue weighted by Crippen LogP contribution is 2.30. The third-order valence-electron chi connectivity index (χ3n) is 2.64. The molecule has 76 valence electrons. The Morgan fingerprint density at radius 2 is 2.54 bits per heavy atom. The van der Waals surface area contributed by atoms with Crippen LogP contribution in [0.2, 0.25) is 0 Å². The van der Waals surface area contributed by atoms with Crippen LogP contribution in [-0.4, -0.2) is 17.0 Å². The van der Waals surface area contributed by atoms with E-state index in [1.165, 1.54) is 24.2 Å². The lowest BCUT2D eigenvalue weighted by molar-refractivity contribution is 0.491. The molecule has 0 bridgehead atoms. The summed E-state index contributed by atoms with van der Waals surface area (Å²) in [4.78, 5) is 0. The van der Waals surface area contributed by atoms with E-state index in [2.05, 4.69) is 18.9 Å². The first kappa shape index (κ1) is 11.1. The van der Waals surface area contributed by atoms with E-state index in [-0.39, 0.29) is 0 Å². The van der Waals surface area contributed by atoms with Crippen molar-refractivity contribution in [2.75, 3.05) is 5.75 Å². The molecule has 13 heavy (non-hydrogen) atoms. The van der Waals surface area contributed by atoms with Gasteiger partial charge in [-0.3, -0.25) is 11.3 Å². The first-order valence-corrected chi connectivity index (χ1v) is 6.07. The molecule has 1 heterocycles. The van der Waals surface area contributed by atoms with Gasteiger partial charge in [0.2, 0.25) is 0 Å². The molecule has 2 atom stereocenters. The average Bonchev–Trinajstić information content (AvgIpc) is 2.66. The van der Waals surface area contributed by atoms with E-state index >= 15 is 0 Å². The third kappa shape index (κ3) is 3.33. The lowest BCUT2D eigenvalue weighted by atomic mass is 10.0. The molecule has 0 spiro atoms. The fourth-order valence-electron chi connectivity index (χ4n) is 1.67. The van der Waals surface area contributed by atoms with Crippen LogP contribution in [0.5, 0.6) is 0 Å². The molecule has 1 fully saturated rings. The normalized spacial score (nSPS) is 24.6. The Labute approximate surface area is 85.3 Å². The highest BCUT2D eigenvalue weighted by molar-refractivity contribution is 8.00. The van der Waals surface area contributed by atoms with E-state index in [0.717, 1.165) is 12.8 Å². The molecule has 0 saturated carbocycles. The second-order valence-corrected chi connectivity index (χ2v) is 4.98. The van der Waals surface area contributed by atoms with Crippen LogP contribution < -0.4 is 11.3 Å². The molecular formula is C10H20N2S. The highest BCUT2D eigenvalue weighted by atomic mass is 32.2. The molecule has 0 aromatic heterocycles. The van der Waals surface area contributed by atoms with Crippen LogP contribution in [0.1, 0.15) is 32.6 Å². The molecule has 1 saturated heterocycles. The summed E-state index contributed by atoms with van der Waals surface area (Å²) in [5, 5.41) is 0.702. The van der Waals surface area contributed by atoms with Crippen LogP contribution in [0.15, 0.2) is 12.2 Å². The monoisotopic (exact) mass is 200 g/mol. The van der Waals surface area contributed by atoms with Crippen molar-refractivity contribution in [3.05, 3.63) is 12.2 Å². The molecule has 0 aromatic rings. The van der Waals surface area contributed by atoms with Crippen molar-refractivity contribution in [2.45, 2.75) is 43.9 Å². The number of hydrogen-bond acceptors (Lipinski definition) is 3. The Kier molecular flexibility index (Phi) is 4.84. The molecule has 3 N–H and O–H groups in total. The molecule has 2 nitrogen and oxygen atoms in total. The second-order valence-electron chi connectivity index (χ2n) is 3.63. The summed E-state index contributed by atoms with van der Waals surface area (Å²) in [6.45, 7) is 6.18. The SMILES string of the molecule is C=C(CC)CC(NN)C1CCCS1. The van der Waals surface area contributed by atoms with Crippen molar-refractivity contribution in [3.63, 3.8) is 0 Å². The van der Waals surface area contributed by atoms with E-state index in [4.69, 9.17) is 5.84 Å². The van der Waals surface area contributed by atoms with E-state index in [9.17, 15) is 0 Å². The van der Waals surface area contributed by atoms with Crippen LogP contribution >= 0.6 is 11.8 Å². The molecular weight excluding hydrogens is 180 g/mol. The third-order valence-corrected chi connectivity index (χ3v) is 4.15. The van der Waals surface area contributed by atoms with Crippen molar-refractivity contribution < 1.29 is 0 Å². The zero-order chi connectivity index (χ0) is 9.68. The molecule has 0 amide bonds. The number of nitrogens with one attached hydrogen (secondary N) is 1. The Balaban J connectivity index is 2.37. The Morgan fingerprint density at radius 1 is 1.77 bits per heavy atom. The number of nitrogens with two attached hydrogens (primary N) is 1. The lowest BCUT2D eigenvalue weighted by Crippen LogP contribution is -2.41.